The van der Waals surface area contributed by atoms with Gasteiger partial charge >= 0.3 is 0 Å². The predicted molar refractivity (Wildman–Crippen MR) is 77.4 cm³/mol. The molecule has 19 heavy (non-hydrogen) atoms. The fraction of sp³-hybridized carbons (Fsp3) is 0.417. The summed E-state index contributed by atoms with van der Waals surface area (Å²) in [5.74, 6) is 0.321. The lowest BCUT2D eigenvalue weighted by Gasteiger charge is -2.11. The lowest BCUT2D eigenvalue weighted by Crippen LogP contribution is -2.32. The Morgan fingerprint density at radius 1 is 1.32 bits per heavy atom. The summed E-state index contributed by atoms with van der Waals surface area (Å²) in [5, 5.41) is 7.18. The van der Waals surface area contributed by atoms with E-state index in [0.29, 0.717) is 18.7 Å². The molecule has 0 amide bonds. The second-order valence-electron chi connectivity index (χ2n) is 4.75. The van der Waals surface area contributed by atoms with Gasteiger partial charge in [-0.05, 0) is 23.6 Å². The second-order valence-corrected chi connectivity index (χ2v) is 6.25. The minimum Gasteiger partial charge on any atom is -0.387 e. The van der Waals surface area contributed by atoms with Crippen LogP contribution in [0.1, 0.15) is 19.4 Å². The molecule has 1 rings (SSSR count). The molecule has 0 atom stereocenters. The molecule has 0 bridgehead atoms. The van der Waals surface area contributed by atoms with E-state index in [0.717, 1.165) is 5.56 Å². The standard InChI is InChI=1S/C12H20N4O2S/c1-9(2)8-15-19(17,18)16-11-5-3-10(4-6-11)7-12(13)14/h3-6,9,15-16H,7-8H2,1-2H3,(H3,13,14). The molecule has 0 aromatic heterocycles. The van der Waals surface area contributed by atoms with Crippen LogP contribution in [0.3, 0.4) is 0 Å². The molecular weight excluding hydrogens is 264 g/mol. The third-order valence-corrected chi connectivity index (χ3v) is 3.33. The van der Waals surface area contributed by atoms with Gasteiger partial charge in [-0.2, -0.15) is 13.1 Å². The molecule has 0 saturated heterocycles. The molecule has 106 valence electrons. The molecule has 5 N–H and O–H groups in total. The van der Waals surface area contributed by atoms with Crippen molar-refractivity contribution in [3.8, 4) is 0 Å². The Bertz CT molecular complexity index is 523. The molecule has 0 aliphatic heterocycles. The van der Waals surface area contributed by atoms with Crippen molar-refractivity contribution in [3.63, 3.8) is 0 Å². The van der Waals surface area contributed by atoms with E-state index in [1.165, 1.54) is 0 Å². The molecule has 1 aromatic rings. The van der Waals surface area contributed by atoms with E-state index < -0.39 is 10.2 Å². The van der Waals surface area contributed by atoms with Crippen molar-refractivity contribution in [1.82, 2.24) is 4.72 Å². The first-order valence-electron chi connectivity index (χ1n) is 5.98. The van der Waals surface area contributed by atoms with Crippen molar-refractivity contribution in [1.29, 1.82) is 5.41 Å². The summed E-state index contributed by atoms with van der Waals surface area (Å²) in [5.41, 5.74) is 6.64. The van der Waals surface area contributed by atoms with Crippen LogP contribution in [-0.2, 0) is 16.6 Å². The zero-order valence-corrected chi connectivity index (χ0v) is 11.9. The van der Waals surface area contributed by atoms with Gasteiger partial charge in [-0.1, -0.05) is 26.0 Å². The van der Waals surface area contributed by atoms with Gasteiger partial charge < -0.3 is 5.73 Å². The number of amidine groups is 1. The van der Waals surface area contributed by atoms with Crippen molar-refractivity contribution in [2.24, 2.45) is 11.7 Å². The lowest BCUT2D eigenvalue weighted by molar-refractivity contribution is 0.565. The number of hydrogen-bond donors (Lipinski definition) is 4. The fourth-order valence-corrected chi connectivity index (χ4v) is 2.45. The molecule has 7 heteroatoms. The van der Waals surface area contributed by atoms with Crippen LogP contribution in [0.15, 0.2) is 24.3 Å². The normalized spacial score (nSPS) is 11.5. The Kier molecular flexibility index (Phi) is 5.31. The van der Waals surface area contributed by atoms with Crippen LogP contribution in [0.5, 0.6) is 0 Å². The zero-order valence-electron chi connectivity index (χ0n) is 11.1. The number of nitrogens with two attached hydrogens (primary N) is 1. The summed E-state index contributed by atoms with van der Waals surface area (Å²) in [6.07, 6.45) is 0.360. The summed E-state index contributed by atoms with van der Waals surface area (Å²) in [6, 6.07) is 6.77. The molecular formula is C12H20N4O2S. The third-order valence-electron chi connectivity index (χ3n) is 2.28. The molecule has 0 spiro atoms. The first kappa shape index (κ1) is 15.5. The Morgan fingerprint density at radius 2 is 1.89 bits per heavy atom. The zero-order chi connectivity index (χ0) is 14.5. The minimum absolute atomic E-state index is 0.0759. The molecule has 0 radical (unpaired) electrons. The largest absolute Gasteiger partial charge is 0.387 e. The number of nitrogens with one attached hydrogen (secondary N) is 3. The maximum absolute atomic E-state index is 11.7. The van der Waals surface area contributed by atoms with E-state index >= 15 is 0 Å². The van der Waals surface area contributed by atoms with E-state index in [9.17, 15) is 8.42 Å². The van der Waals surface area contributed by atoms with E-state index in [-0.39, 0.29) is 11.8 Å². The van der Waals surface area contributed by atoms with Gasteiger partial charge in [0.1, 0.15) is 0 Å². The topological polar surface area (TPSA) is 108 Å². The summed E-state index contributed by atoms with van der Waals surface area (Å²) in [4.78, 5) is 0. The summed E-state index contributed by atoms with van der Waals surface area (Å²) in [6.45, 7) is 4.25. The number of anilines is 1. The van der Waals surface area contributed by atoms with E-state index in [2.05, 4.69) is 9.44 Å². The summed E-state index contributed by atoms with van der Waals surface area (Å²) >= 11 is 0. The third kappa shape index (κ3) is 6.21. The van der Waals surface area contributed by atoms with Crippen molar-refractivity contribution in [2.45, 2.75) is 20.3 Å². The molecule has 0 aliphatic carbocycles. The molecule has 6 nitrogen and oxygen atoms in total. The van der Waals surface area contributed by atoms with Gasteiger partial charge in [0, 0.05) is 18.7 Å². The van der Waals surface area contributed by atoms with Gasteiger partial charge in [0.2, 0.25) is 0 Å². The Hall–Kier alpha value is -1.60. The van der Waals surface area contributed by atoms with Crippen LogP contribution in [0, 0.1) is 11.3 Å². The van der Waals surface area contributed by atoms with Gasteiger partial charge in [0.25, 0.3) is 10.2 Å². The number of benzene rings is 1. The first-order chi connectivity index (χ1) is 8.78. The highest BCUT2D eigenvalue weighted by molar-refractivity contribution is 7.90. The average Bonchev–Trinajstić information content (AvgIpc) is 2.28. The summed E-state index contributed by atoms with van der Waals surface area (Å²) in [7, 11) is -3.53. The fourth-order valence-electron chi connectivity index (χ4n) is 1.38. The monoisotopic (exact) mass is 284 g/mol. The van der Waals surface area contributed by atoms with Gasteiger partial charge in [-0.3, -0.25) is 10.1 Å². The lowest BCUT2D eigenvalue weighted by atomic mass is 10.1. The van der Waals surface area contributed by atoms with Crippen molar-refractivity contribution >= 4 is 21.7 Å². The highest BCUT2D eigenvalue weighted by atomic mass is 32.2. The van der Waals surface area contributed by atoms with Crippen molar-refractivity contribution < 1.29 is 8.42 Å². The van der Waals surface area contributed by atoms with Crippen molar-refractivity contribution in [3.05, 3.63) is 29.8 Å². The Morgan fingerprint density at radius 3 is 2.37 bits per heavy atom. The summed E-state index contributed by atoms with van der Waals surface area (Å²) < 4.78 is 28.3. The van der Waals surface area contributed by atoms with Gasteiger partial charge in [-0.25, -0.2) is 0 Å². The Balaban J connectivity index is 2.64. The number of hydrogen-bond acceptors (Lipinski definition) is 3. The molecule has 0 heterocycles. The van der Waals surface area contributed by atoms with Gasteiger partial charge in [0.05, 0.1) is 5.84 Å². The highest BCUT2D eigenvalue weighted by Crippen LogP contribution is 2.11. The van der Waals surface area contributed by atoms with Crippen LogP contribution in [0.2, 0.25) is 0 Å². The molecule has 1 aromatic carbocycles. The van der Waals surface area contributed by atoms with Crippen LogP contribution in [0.25, 0.3) is 0 Å². The highest BCUT2D eigenvalue weighted by Gasteiger charge is 2.09. The SMILES string of the molecule is CC(C)CNS(=O)(=O)Nc1ccc(CC(=N)N)cc1. The Labute approximate surface area is 114 Å². The molecule has 0 fully saturated rings. The van der Waals surface area contributed by atoms with Crippen LogP contribution in [-0.4, -0.2) is 20.8 Å². The maximum Gasteiger partial charge on any atom is 0.299 e. The van der Waals surface area contributed by atoms with E-state index in [4.69, 9.17) is 11.1 Å². The molecule has 0 saturated carbocycles. The van der Waals surface area contributed by atoms with Crippen LogP contribution < -0.4 is 15.2 Å². The predicted octanol–water partition coefficient (Wildman–Crippen LogP) is 1.07. The number of rotatable bonds is 7. The van der Waals surface area contributed by atoms with Gasteiger partial charge in [-0.15, -0.1) is 0 Å². The van der Waals surface area contributed by atoms with Crippen molar-refractivity contribution in [2.75, 3.05) is 11.3 Å². The maximum atomic E-state index is 11.7. The van der Waals surface area contributed by atoms with E-state index in [1.54, 1.807) is 24.3 Å². The van der Waals surface area contributed by atoms with Crippen LogP contribution >= 0.6 is 0 Å². The molecule has 0 aliphatic rings. The van der Waals surface area contributed by atoms with E-state index in [1.807, 2.05) is 13.8 Å². The average molecular weight is 284 g/mol. The smallest absolute Gasteiger partial charge is 0.299 e. The minimum atomic E-state index is -3.53. The quantitative estimate of drug-likeness (QED) is 0.444. The second kappa shape index (κ2) is 6.53. The molecule has 0 unspecified atom stereocenters. The van der Waals surface area contributed by atoms with Crippen LogP contribution in [0.4, 0.5) is 5.69 Å². The van der Waals surface area contributed by atoms with Gasteiger partial charge in [0.15, 0.2) is 0 Å². The first-order valence-corrected chi connectivity index (χ1v) is 7.46.